The summed E-state index contributed by atoms with van der Waals surface area (Å²) in [5.41, 5.74) is 5.10. The zero-order valence-electron chi connectivity index (χ0n) is 11.8. The largest absolute Gasteiger partial charge is 0.321 e. The van der Waals surface area contributed by atoms with E-state index in [1.54, 1.807) is 0 Å². The molecule has 0 aliphatic carbocycles. The van der Waals surface area contributed by atoms with Crippen LogP contribution in [-0.2, 0) is 6.42 Å². The maximum Gasteiger partial charge on any atom is 0.0380 e. The van der Waals surface area contributed by atoms with Crippen LogP contribution in [0.5, 0.6) is 0 Å². The van der Waals surface area contributed by atoms with E-state index in [9.17, 15) is 0 Å². The Bertz CT molecular complexity index is 532. The van der Waals surface area contributed by atoms with Crippen molar-refractivity contribution in [2.24, 2.45) is 0 Å². The van der Waals surface area contributed by atoms with E-state index in [0.29, 0.717) is 0 Å². The molecule has 98 valence electrons. The topological polar surface area (TPSA) is 3.24 Å². The quantitative estimate of drug-likeness (QED) is 0.742. The fraction of sp³-hybridized carbons (Fsp3) is 0.222. The van der Waals surface area contributed by atoms with E-state index in [1.807, 2.05) is 12.2 Å². The lowest BCUT2D eigenvalue weighted by atomic mass is 10.0. The molecule has 1 nitrogen and oxygen atoms in total. The van der Waals surface area contributed by atoms with Crippen molar-refractivity contribution in [3.8, 4) is 0 Å². The van der Waals surface area contributed by atoms with Gasteiger partial charge in [-0.1, -0.05) is 55.5 Å². The van der Waals surface area contributed by atoms with Gasteiger partial charge in [0.1, 0.15) is 0 Å². The summed E-state index contributed by atoms with van der Waals surface area (Å²) < 4.78 is 0. The van der Waals surface area contributed by atoms with Crippen molar-refractivity contribution in [2.45, 2.75) is 26.7 Å². The van der Waals surface area contributed by atoms with Crippen molar-refractivity contribution < 1.29 is 0 Å². The van der Waals surface area contributed by atoms with Crippen molar-refractivity contribution in [2.75, 3.05) is 0 Å². The molecule has 0 amide bonds. The van der Waals surface area contributed by atoms with Crippen LogP contribution in [0.1, 0.15) is 25.8 Å². The van der Waals surface area contributed by atoms with Gasteiger partial charge in [-0.05, 0) is 31.1 Å². The Morgan fingerprint density at radius 2 is 1.89 bits per heavy atom. The van der Waals surface area contributed by atoms with Gasteiger partial charge < -0.3 is 4.90 Å². The van der Waals surface area contributed by atoms with E-state index < -0.39 is 0 Å². The van der Waals surface area contributed by atoms with Crippen molar-refractivity contribution >= 4 is 0 Å². The Morgan fingerprint density at radius 1 is 1.16 bits per heavy atom. The summed E-state index contributed by atoms with van der Waals surface area (Å²) in [4.78, 5) is 2.20. The SMILES string of the molecule is C=C1C=CC=CN1/C(Cc1ccccc1)=C(\C)CC. The van der Waals surface area contributed by atoms with Crippen molar-refractivity contribution in [1.82, 2.24) is 4.90 Å². The minimum atomic E-state index is 0.942. The van der Waals surface area contributed by atoms with Crippen molar-refractivity contribution in [1.29, 1.82) is 0 Å². The van der Waals surface area contributed by atoms with Crippen LogP contribution in [0.25, 0.3) is 0 Å². The minimum Gasteiger partial charge on any atom is -0.321 e. The van der Waals surface area contributed by atoms with Crippen LogP contribution in [0.2, 0.25) is 0 Å². The van der Waals surface area contributed by atoms with Gasteiger partial charge >= 0.3 is 0 Å². The number of rotatable bonds is 4. The lowest BCUT2D eigenvalue weighted by Gasteiger charge is -2.28. The molecule has 1 aromatic rings. The third-order valence-corrected chi connectivity index (χ3v) is 3.47. The first-order chi connectivity index (χ1) is 9.22. The molecular formula is C18H21N. The molecule has 0 unspecified atom stereocenters. The van der Waals surface area contributed by atoms with Crippen LogP contribution >= 0.6 is 0 Å². The van der Waals surface area contributed by atoms with Crippen LogP contribution in [0.15, 0.2) is 78.3 Å². The molecule has 0 spiro atoms. The molecule has 0 saturated heterocycles. The van der Waals surface area contributed by atoms with E-state index in [2.05, 4.69) is 67.9 Å². The summed E-state index contributed by atoms with van der Waals surface area (Å²) in [6.45, 7) is 8.54. The summed E-state index contributed by atoms with van der Waals surface area (Å²) in [5.74, 6) is 0. The zero-order chi connectivity index (χ0) is 13.7. The molecule has 2 rings (SSSR count). The molecule has 1 heteroatoms. The summed E-state index contributed by atoms with van der Waals surface area (Å²) >= 11 is 0. The van der Waals surface area contributed by atoms with Gasteiger partial charge in [0.15, 0.2) is 0 Å². The van der Waals surface area contributed by atoms with Crippen molar-refractivity contribution in [3.05, 3.63) is 83.9 Å². The monoisotopic (exact) mass is 251 g/mol. The fourth-order valence-corrected chi connectivity index (χ4v) is 2.18. The van der Waals surface area contributed by atoms with Crippen LogP contribution < -0.4 is 0 Å². The van der Waals surface area contributed by atoms with E-state index in [-0.39, 0.29) is 0 Å². The first-order valence-corrected chi connectivity index (χ1v) is 6.78. The second kappa shape index (κ2) is 6.24. The van der Waals surface area contributed by atoms with E-state index in [4.69, 9.17) is 0 Å². The Hall–Kier alpha value is -2.02. The third kappa shape index (κ3) is 3.25. The van der Waals surface area contributed by atoms with Gasteiger partial charge in [-0.3, -0.25) is 0 Å². The standard InChI is InChI=1S/C18H21N/c1-4-15(2)18(14-17-11-6-5-7-12-17)19-13-9-8-10-16(19)3/h5-13H,3-4,14H2,1-2H3/b18-15+. The summed E-state index contributed by atoms with van der Waals surface area (Å²) in [6.07, 6.45) is 10.2. The smallest absolute Gasteiger partial charge is 0.0380 e. The Balaban J connectivity index is 2.30. The number of hydrogen-bond donors (Lipinski definition) is 0. The van der Waals surface area contributed by atoms with Crippen LogP contribution in [0.3, 0.4) is 0 Å². The van der Waals surface area contributed by atoms with Gasteiger partial charge in [0.05, 0.1) is 0 Å². The lowest BCUT2D eigenvalue weighted by molar-refractivity contribution is 0.560. The molecule has 0 atom stereocenters. The molecule has 1 aliphatic rings. The van der Waals surface area contributed by atoms with Gasteiger partial charge in [0, 0.05) is 24.0 Å². The average molecular weight is 251 g/mol. The molecule has 0 aromatic heterocycles. The zero-order valence-corrected chi connectivity index (χ0v) is 11.8. The summed E-state index contributed by atoms with van der Waals surface area (Å²) in [6, 6.07) is 10.6. The summed E-state index contributed by atoms with van der Waals surface area (Å²) in [7, 11) is 0. The second-order valence-corrected chi connectivity index (χ2v) is 4.80. The predicted molar refractivity (Wildman–Crippen MR) is 82.4 cm³/mol. The highest BCUT2D eigenvalue weighted by Gasteiger charge is 2.13. The summed E-state index contributed by atoms with van der Waals surface area (Å²) in [5, 5.41) is 0. The molecule has 1 aliphatic heterocycles. The fourth-order valence-electron chi connectivity index (χ4n) is 2.18. The predicted octanol–water partition coefficient (Wildman–Crippen LogP) is 4.81. The number of hydrogen-bond acceptors (Lipinski definition) is 1. The molecule has 0 bridgehead atoms. The molecule has 0 fully saturated rings. The first-order valence-electron chi connectivity index (χ1n) is 6.78. The Labute approximate surface area is 116 Å². The second-order valence-electron chi connectivity index (χ2n) is 4.80. The molecule has 1 heterocycles. The molecule has 0 radical (unpaired) electrons. The van der Waals surface area contributed by atoms with Crippen molar-refractivity contribution in [3.63, 3.8) is 0 Å². The average Bonchev–Trinajstić information content (AvgIpc) is 2.46. The van der Waals surface area contributed by atoms with E-state index >= 15 is 0 Å². The van der Waals surface area contributed by atoms with Gasteiger partial charge in [-0.2, -0.15) is 0 Å². The van der Waals surface area contributed by atoms with E-state index in [0.717, 1.165) is 18.5 Å². The normalized spacial score (nSPS) is 15.7. The maximum absolute atomic E-state index is 4.13. The Morgan fingerprint density at radius 3 is 2.53 bits per heavy atom. The molecule has 19 heavy (non-hydrogen) atoms. The van der Waals surface area contributed by atoms with Crippen LogP contribution in [-0.4, -0.2) is 4.90 Å². The first kappa shape index (κ1) is 13.4. The van der Waals surface area contributed by atoms with Crippen LogP contribution in [0, 0.1) is 0 Å². The lowest BCUT2D eigenvalue weighted by Crippen LogP contribution is -2.19. The van der Waals surface area contributed by atoms with Gasteiger partial charge in [0.25, 0.3) is 0 Å². The molecule has 1 aromatic carbocycles. The number of benzene rings is 1. The maximum atomic E-state index is 4.13. The third-order valence-electron chi connectivity index (χ3n) is 3.47. The van der Waals surface area contributed by atoms with Gasteiger partial charge in [0.2, 0.25) is 0 Å². The highest BCUT2D eigenvalue weighted by molar-refractivity contribution is 5.34. The van der Waals surface area contributed by atoms with E-state index in [1.165, 1.54) is 16.8 Å². The molecule has 0 saturated carbocycles. The minimum absolute atomic E-state index is 0.942. The highest BCUT2D eigenvalue weighted by atomic mass is 15.1. The molecule has 0 N–H and O–H groups in total. The number of nitrogens with zero attached hydrogens (tertiary/aromatic N) is 1. The number of allylic oxidation sites excluding steroid dienone is 5. The highest BCUT2D eigenvalue weighted by Crippen LogP contribution is 2.24. The van der Waals surface area contributed by atoms with Gasteiger partial charge in [-0.25, -0.2) is 0 Å². The van der Waals surface area contributed by atoms with Gasteiger partial charge in [-0.15, -0.1) is 0 Å². The Kier molecular flexibility index (Phi) is 4.40. The molecular weight excluding hydrogens is 230 g/mol. The van der Waals surface area contributed by atoms with Crippen LogP contribution in [0.4, 0.5) is 0 Å².